The summed E-state index contributed by atoms with van der Waals surface area (Å²) in [4.78, 5) is 16.7. The minimum Gasteiger partial charge on any atom is -0.450 e. The van der Waals surface area contributed by atoms with E-state index in [1.54, 1.807) is 11.9 Å². The van der Waals surface area contributed by atoms with Crippen molar-refractivity contribution in [1.29, 1.82) is 0 Å². The molecule has 5 heteroatoms. The number of nitrogens with zero attached hydrogens (tertiary/aromatic N) is 2. The molecule has 4 rings (SSSR count). The van der Waals surface area contributed by atoms with Gasteiger partial charge in [0, 0.05) is 38.1 Å². The van der Waals surface area contributed by atoms with Crippen molar-refractivity contribution in [2.75, 3.05) is 26.7 Å². The molecule has 0 bridgehead atoms. The normalized spacial score (nSPS) is 24.1. The molecule has 166 valence electrons. The minimum absolute atomic E-state index is 0.00626. The summed E-state index contributed by atoms with van der Waals surface area (Å²) >= 11 is 0. The Bertz CT molecular complexity index is 942. The van der Waals surface area contributed by atoms with Crippen molar-refractivity contribution in [3.05, 3.63) is 59.2 Å². The fourth-order valence-corrected chi connectivity index (χ4v) is 5.38. The lowest BCUT2D eigenvalue weighted by atomic mass is 9.77. The first kappa shape index (κ1) is 21.8. The second kappa shape index (κ2) is 9.01. The maximum absolute atomic E-state index is 12.5. The monoisotopic (exact) mass is 422 g/mol. The standard InChI is InChI=1S/C26H34N2O3/c1-5-31-26(30)27(4)24-15-25-22-14-20(21-9-7-6-8-17(21)2)11-10-19(22)12-13-28(25)16-23(24)18(3)29/h6-11,14,18,23-25,29H,5,12-13,15-16H2,1-4H3/t18-,23-,24-,25-/m0/s1. The van der Waals surface area contributed by atoms with Gasteiger partial charge >= 0.3 is 6.09 Å². The molecule has 1 N–H and O–H groups in total. The van der Waals surface area contributed by atoms with Crippen LogP contribution in [0.4, 0.5) is 4.79 Å². The van der Waals surface area contributed by atoms with Gasteiger partial charge in [-0.25, -0.2) is 4.79 Å². The molecule has 4 atom stereocenters. The molecule has 2 aromatic carbocycles. The highest BCUT2D eigenvalue weighted by Crippen LogP contribution is 2.42. The van der Waals surface area contributed by atoms with Crippen LogP contribution in [-0.4, -0.2) is 59.9 Å². The second-order valence-corrected chi connectivity index (χ2v) is 9.01. The maximum atomic E-state index is 12.5. The molecule has 1 saturated heterocycles. The van der Waals surface area contributed by atoms with Gasteiger partial charge in [0.25, 0.3) is 0 Å². The van der Waals surface area contributed by atoms with Crippen LogP contribution in [0, 0.1) is 12.8 Å². The van der Waals surface area contributed by atoms with Crippen LogP contribution in [-0.2, 0) is 11.2 Å². The number of aliphatic hydroxyl groups is 1. The van der Waals surface area contributed by atoms with Gasteiger partial charge in [-0.05, 0) is 67.5 Å². The van der Waals surface area contributed by atoms with Crippen LogP contribution in [0.1, 0.15) is 43.0 Å². The molecule has 2 aliphatic rings. The van der Waals surface area contributed by atoms with Crippen LogP contribution < -0.4 is 0 Å². The first-order chi connectivity index (χ1) is 14.9. The van der Waals surface area contributed by atoms with E-state index < -0.39 is 6.10 Å². The molecule has 2 heterocycles. The molecule has 0 unspecified atom stereocenters. The number of ether oxygens (including phenoxy) is 1. The molecule has 0 spiro atoms. The van der Waals surface area contributed by atoms with E-state index in [2.05, 4.69) is 54.3 Å². The lowest BCUT2D eigenvalue weighted by Gasteiger charge is -2.50. The van der Waals surface area contributed by atoms with E-state index in [1.807, 2.05) is 13.8 Å². The first-order valence-electron chi connectivity index (χ1n) is 11.4. The number of carbonyl (C=O) groups excluding carboxylic acids is 1. The number of amides is 1. The highest BCUT2D eigenvalue weighted by molar-refractivity contribution is 5.69. The van der Waals surface area contributed by atoms with Gasteiger partial charge in [-0.1, -0.05) is 36.4 Å². The van der Waals surface area contributed by atoms with E-state index in [0.29, 0.717) is 6.61 Å². The lowest BCUT2D eigenvalue weighted by molar-refractivity contribution is -0.0269. The third-order valence-electron chi connectivity index (χ3n) is 7.15. The largest absolute Gasteiger partial charge is 0.450 e. The van der Waals surface area contributed by atoms with Gasteiger partial charge < -0.3 is 14.7 Å². The van der Waals surface area contributed by atoms with Gasteiger partial charge in [-0.15, -0.1) is 0 Å². The number of hydrogen-bond donors (Lipinski definition) is 1. The molecule has 2 aliphatic heterocycles. The van der Waals surface area contributed by atoms with Gasteiger partial charge in [-0.2, -0.15) is 0 Å². The Kier molecular flexibility index (Phi) is 6.35. The highest BCUT2D eigenvalue weighted by atomic mass is 16.6. The number of fused-ring (bicyclic) bond motifs is 3. The van der Waals surface area contributed by atoms with Crippen molar-refractivity contribution < 1.29 is 14.6 Å². The number of aliphatic hydroxyl groups excluding tert-OH is 1. The quantitative estimate of drug-likeness (QED) is 0.793. The number of aryl methyl sites for hydroxylation is 1. The van der Waals surface area contributed by atoms with E-state index in [1.165, 1.54) is 27.8 Å². The van der Waals surface area contributed by atoms with Gasteiger partial charge in [0.05, 0.1) is 12.7 Å². The summed E-state index contributed by atoms with van der Waals surface area (Å²) in [5, 5.41) is 10.5. The molecule has 1 fully saturated rings. The molecule has 0 radical (unpaired) electrons. The summed E-state index contributed by atoms with van der Waals surface area (Å²) in [7, 11) is 1.81. The predicted molar refractivity (Wildman–Crippen MR) is 123 cm³/mol. The minimum atomic E-state index is -0.484. The molecule has 0 saturated carbocycles. The third kappa shape index (κ3) is 4.21. The fraction of sp³-hybridized carbons (Fsp3) is 0.500. The van der Waals surface area contributed by atoms with Crippen LogP contribution in [0.5, 0.6) is 0 Å². The summed E-state index contributed by atoms with van der Waals surface area (Å²) in [6.07, 6.45) is 1.03. The van der Waals surface area contributed by atoms with Crippen LogP contribution in [0.3, 0.4) is 0 Å². The number of carbonyl (C=O) groups is 1. The zero-order chi connectivity index (χ0) is 22.1. The van der Waals surface area contributed by atoms with E-state index in [-0.39, 0.29) is 24.1 Å². The Morgan fingerprint density at radius 2 is 2.06 bits per heavy atom. The van der Waals surface area contributed by atoms with Crippen LogP contribution >= 0.6 is 0 Å². The van der Waals surface area contributed by atoms with Crippen LogP contribution in [0.15, 0.2) is 42.5 Å². The predicted octanol–water partition coefficient (Wildman–Crippen LogP) is 4.42. The van der Waals surface area contributed by atoms with Crippen LogP contribution in [0.2, 0.25) is 0 Å². The molecular formula is C26H34N2O3. The molecule has 1 amide bonds. The Hall–Kier alpha value is -2.37. The van der Waals surface area contributed by atoms with Crippen molar-refractivity contribution in [3.8, 4) is 11.1 Å². The lowest BCUT2D eigenvalue weighted by Crippen LogP contribution is -2.56. The Labute approximate surface area is 185 Å². The first-order valence-corrected chi connectivity index (χ1v) is 11.4. The van der Waals surface area contributed by atoms with Crippen molar-refractivity contribution >= 4 is 6.09 Å². The Morgan fingerprint density at radius 1 is 1.29 bits per heavy atom. The average Bonchev–Trinajstić information content (AvgIpc) is 2.77. The van der Waals surface area contributed by atoms with Crippen molar-refractivity contribution in [3.63, 3.8) is 0 Å². The van der Waals surface area contributed by atoms with Crippen molar-refractivity contribution in [1.82, 2.24) is 9.80 Å². The SMILES string of the molecule is CCOC(=O)N(C)[C@H]1C[C@H]2c3cc(-c4ccccc4C)ccc3CCN2C[C@H]1[C@H](C)O. The molecule has 0 aliphatic carbocycles. The van der Waals surface area contributed by atoms with E-state index in [9.17, 15) is 9.90 Å². The zero-order valence-corrected chi connectivity index (χ0v) is 19.0. The topological polar surface area (TPSA) is 53.0 Å². The summed E-state index contributed by atoms with van der Waals surface area (Å²) in [6.45, 7) is 7.94. The Morgan fingerprint density at radius 3 is 2.77 bits per heavy atom. The summed E-state index contributed by atoms with van der Waals surface area (Å²) in [6, 6.07) is 15.5. The summed E-state index contributed by atoms with van der Waals surface area (Å²) in [5.74, 6) is 0.00626. The highest BCUT2D eigenvalue weighted by Gasteiger charge is 2.43. The summed E-state index contributed by atoms with van der Waals surface area (Å²) < 4.78 is 5.27. The van der Waals surface area contributed by atoms with Gasteiger partial charge in [0.2, 0.25) is 0 Å². The number of benzene rings is 2. The number of hydrogen-bond acceptors (Lipinski definition) is 4. The van der Waals surface area contributed by atoms with Crippen LogP contribution in [0.25, 0.3) is 11.1 Å². The smallest absolute Gasteiger partial charge is 0.409 e. The zero-order valence-electron chi connectivity index (χ0n) is 19.0. The number of piperidine rings is 1. The molecule has 31 heavy (non-hydrogen) atoms. The third-order valence-corrected chi connectivity index (χ3v) is 7.15. The van der Waals surface area contributed by atoms with Crippen molar-refractivity contribution in [2.24, 2.45) is 5.92 Å². The van der Waals surface area contributed by atoms with E-state index >= 15 is 0 Å². The number of rotatable bonds is 4. The molecule has 0 aromatic heterocycles. The molecular weight excluding hydrogens is 388 g/mol. The van der Waals surface area contributed by atoms with Gasteiger partial charge in [0.1, 0.15) is 0 Å². The van der Waals surface area contributed by atoms with Gasteiger partial charge in [-0.3, -0.25) is 4.90 Å². The summed E-state index contributed by atoms with van der Waals surface area (Å²) in [5.41, 5.74) is 6.53. The van der Waals surface area contributed by atoms with Crippen molar-refractivity contribution in [2.45, 2.75) is 51.8 Å². The average molecular weight is 423 g/mol. The maximum Gasteiger partial charge on any atom is 0.409 e. The van der Waals surface area contributed by atoms with Gasteiger partial charge in [0.15, 0.2) is 0 Å². The van der Waals surface area contributed by atoms with E-state index in [4.69, 9.17) is 4.74 Å². The molecule has 2 aromatic rings. The van der Waals surface area contributed by atoms with E-state index in [0.717, 1.165) is 25.9 Å². The molecule has 5 nitrogen and oxygen atoms in total. The Balaban J connectivity index is 1.68. The second-order valence-electron chi connectivity index (χ2n) is 9.01. The fourth-order valence-electron chi connectivity index (χ4n) is 5.38.